The standard InChI is InChI=1S/C60H99N15O19/c1-29(2)27-39(54(87)72-46(30(3)4)57(90)68-36(15-10-11-23-61)51(84)67-37(19-21-43(62)76)52(85)70-40(28-45(79)80)53(86)66-34(9)60(93)94)71-55(88)41-17-14-26-75(41)59(92)47(31(5)6)73-56(89)42-18-13-25-74(42)58(91)38(20-22-44(77)78)69-49(82)33(8)64-48(81)32(7)65-50(83)35-16-12-24-63-35/h29-42,46-47,63H,10-28,61H2,1-9H3,(H2,62,76)(H,64,81)(H,65,83)(H,66,86)(H,67,84)(H,68,90)(H,69,82)(H,70,85)(H,71,88)(H,72,87)(H,73,89)(H,77,78)(H,79,80)(H,93,94)/t32-,33-,34-,35-,36-,37-,38-,39-,40-,41-,42-,46-,47-/m0/s1. The molecule has 34 heteroatoms. The summed E-state index contributed by atoms with van der Waals surface area (Å²) in [6.45, 7) is 14.9. The molecule has 3 heterocycles. The Morgan fingerprint density at radius 1 is 0.457 bits per heavy atom. The molecule has 3 rings (SSSR count). The van der Waals surface area contributed by atoms with Crippen molar-refractivity contribution in [2.45, 2.75) is 237 Å². The number of primary amides is 1. The molecule has 13 amide bonds. The number of nitrogens with zero attached hydrogens (tertiary/aromatic N) is 2. The second kappa shape index (κ2) is 38.6. The van der Waals surface area contributed by atoms with Crippen LogP contribution in [0.2, 0.25) is 0 Å². The Labute approximate surface area is 545 Å². The van der Waals surface area contributed by atoms with Crippen LogP contribution in [0.15, 0.2) is 0 Å². The van der Waals surface area contributed by atoms with Crippen molar-refractivity contribution >= 4 is 94.7 Å². The Balaban J connectivity index is 1.79. The lowest BCUT2D eigenvalue weighted by atomic mass is 9.98. The first-order valence-corrected chi connectivity index (χ1v) is 32.1. The van der Waals surface area contributed by atoms with Gasteiger partial charge in [-0.15, -0.1) is 0 Å². The van der Waals surface area contributed by atoms with Crippen LogP contribution in [0.4, 0.5) is 0 Å². The van der Waals surface area contributed by atoms with Crippen molar-refractivity contribution in [3.05, 3.63) is 0 Å². The number of aliphatic carboxylic acids is 3. The van der Waals surface area contributed by atoms with Gasteiger partial charge in [0, 0.05) is 25.9 Å². The van der Waals surface area contributed by atoms with Crippen LogP contribution in [0.5, 0.6) is 0 Å². The third-order valence-electron chi connectivity index (χ3n) is 16.3. The number of hydrogen-bond donors (Lipinski definition) is 16. The van der Waals surface area contributed by atoms with E-state index in [1.807, 2.05) is 0 Å². The summed E-state index contributed by atoms with van der Waals surface area (Å²) in [6, 6.07) is -16.9. The third kappa shape index (κ3) is 25.4. The third-order valence-corrected chi connectivity index (χ3v) is 16.3. The van der Waals surface area contributed by atoms with Gasteiger partial charge in [0.2, 0.25) is 76.8 Å². The molecule has 3 fully saturated rings. The van der Waals surface area contributed by atoms with Gasteiger partial charge < -0.3 is 95.1 Å². The van der Waals surface area contributed by atoms with E-state index < -0.39 is 205 Å². The van der Waals surface area contributed by atoms with Crippen LogP contribution >= 0.6 is 0 Å². The summed E-state index contributed by atoms with van der Waals surface area (Å²) < 4.78 is 0. The summed E-state index contributed by atoms with van der Waals surface area (Å²) >= 11 is 0. The van der Waals surface area contributed by atoms with E-state index in [2.05, 4.69) is 58.5 Å². The predicted molar refractivity (Wildman–Crippen MR) is 334 cm³/mol. The summed E-state index contributed by atoms with van der Waals surface area (Å²) in [5, 5.41) is 56.4. The number of carboxylic acid groups (broad SMARTS) is 3. The number of carbonyl (C=O) groups excluding carboxylic acids is 13. The van der Waals surface area contributed by atoms with Crippen molar-refractivity contribution in [2.75, 3.05) is 26.2 Å². The van der Waals surface area contributed by atoms with Crippen LogP contribution in [0.25, 0.3) is 0 Å². The maximum atomic E-state index is 14.6. The molecule has 0 aromatic rings. The molecule has 0 aromatic carbocycles. The lowest BCUT2D eigenvalue weighted by molar-refractivity contribution is -0.145. The molecule has 18 N–H and O–H groups in total. The fraction of sp³-hybridized carbons (Fsp3) is 0.733. The number of hydrogen-bond acceptors (Lipinski definition) is 18. The topological polar surface area (TPSA) is 525 Å². The molecule has 0 aromatic heterocycles. The first-order chi connectivity index (χ1) is 44.1. The number of nitrogens with two attached hydrogens (primary N) is 2. The SMILES string of the molecule is CC(C)C[C@H](NC(=O)[C@@H]1CCCN1C(=O)[C@@H](NC(=O)[C@@H]1CCCN1C(=O)[C@H](CCC(=O)O)NC(=O)[C@H](C)NC(=O)[C@H](C)NC(=O)[C@@H]1CCCN1)C(C)C)C(=O)N[C@H](C(=O)N[C@@H](CCCCN)C(=O)N[C@@H](CCC(N)=O)C(=O)N[C@@H](CC(=O)O)C(=O)N[C@@H](C)C(=O)O)C(C)C. The van der Waals surface area contributed by atoms with Gasteiger partial charge in [0.15, 0.2) is 0 Å². The Hall–Kier alpha value is -8.56. The first-order valence-electron chi connectivity index (χ1n) is 32.1. The molecule has 0 spiro atoms. The minimum atomic E-state index is -1.85. The molecule has 3 aliphatic heterocycles. The minimum absolute atomic E-state index is 0.0269. The molecule has 0 unspecified atom stereocenters. The van der Waals surface area contributed by atoms with E-state index in [-0.39, 0.29) is 70.0 Å². The summed E-state index contributed by atoms with van der Waals surface area (Å²) in [6.07, 6.45) is -0.0331. The van der Waals surface area contributed by atoms with Crippen molar-refractivity contribution in [3.63, 3.8) is 0 Å². The molecule has 13 atom stereocenters. The van der Waals surface area contributed by atoms with E-state index in [1.54, 1.807) is 41.5 Å². The van der Waals surface area contributed by atoms with Crippen LogP contribution in [0, 0.1) is 17.8 Å². The summed E-state index contributed by atoms with van der Waals surface area (Å²) in [7, 11) is 0. The van der Waals surface area contributed by atoms with Crippen LogP contribution < -0.4 is 70.0 Å². The minimum Gasteiger partial charge on any atom is -0.481 e. The van der Waals surface area contributed by atoms with Crippen molar-refractivity contribution < 1.29 is 92.0 Å². The summed E-state index contributed by atoms with van der Waals surface area (Å²) in [5.41, 5.74) is 11.1. The quantitative estimate of drug-likeness (QED) is 0.0260. The van der Waals surface area contributed by atoms with Crippen molar-refractivity contribution in [3.8, 4) is 0 Å². The monoisotopic (exact) mass is 1330 g/mol. The van der Waals surface area contributed by atoms with E-state index in [1.165, 1.54) is 23.6 Å². The van der Waals surface area contributed by atoms with E-state index in [9.17, 15) is 92.0 Å². The number of unbranched alkanes of at least 4 members (excludes halogenated alkanes) is 1. The molecule has 0 bridgehead atoms. The number of rotatable bonds is 39. The number of carboxylic acids is 3. The van der Waals surface area contributed by atoms with Crippen LogP contribution in [-0.2, 0) is 76.7 Å². The Morgan fingerprint density at radius 3 is 1.47 bits per heavy atom. The Bertz CT molecular complexity index is 2740. The van der Waals surface area contributed by atoms with Gasteiger partial charge >= 0.3 is 17.9 Å². The van der Waals surface area contributed by atoms with Gasteiger partial charge in [-0.25, -0.2) is 0 Å². The molecular formula is C60H99N15O19. The summed E-state index contributed by atoms with van der Waals surface area (Å²) in [5.74, 6) is -16.5. The van der Waals surface area contributed by atoms with Crippen LogP contribution in [0.1, 0.15) is 159 Å². The zero-order chi connectivity index (χ0) is 70.8. The molecular weight excluding hydrogens is 1230 g/mol. The molecule has 34 nitrogen and oxygen atoms in total. The van der Waals surface area contributed by atoms with Crippen molar-refractivity contribution in [1.82, 2.24) is 68.3 Å². The Kier molecular flexibility index (Phi) is 32.7. The maximum absolute atomic E-state index is 14.6. The fourth-order valence-electron chi connectivity index (χ4n) is 10.9. The van der Waals surface area contributed by atoms with Gasteiger partial charge in [-0.3, -0.25) is 76.7 Å². The molecule has 0 aliphatic carbocycles. The molecule has 0 saturated carbocycles. The molecule has 528 valence electrons. The Morgan fingerprint density at radius 2 is 0.947 bits per heavy atom. The van der Waals surface area contributed by atoms with Crippen molar-refractivity contribution in [1.29, 1.82) is 0 Å². The number of carbonyl (C=O) groups is 16. The van der Waals surface area contributed by atoms with Gasteiger partial charge in [-0.05, 0) is 129 Å². The first kappa shape index (κ1) is 79.7. The van der Waals surface area contributed by atoms with Crippen LogP contribution in [-0.4, -0.2) is 225 Å². The smallest absolute Gasteiger partial charge is 0.325 e. The van der Waals surface area contributed by atoms with Crippen LogP contribution in [0.3, 0.4) is 0 Å². The highest BCUT2D eigenvalue weighted by Gasteiger charge is 2.44. The highest BCUT2D eigenvalue weighted by Crippen LogP contribution is 2.24. The van der Waals surface area contributed by atoms with Gasteiger partial charge in [0.1, 0.15) is 72.5 Å². The largest absolute Gasteiger partial charge is 0.481 e. The van der Waals surface area contributed by atoms with Crippen molar-refractivity contribution in [2.24, 2.45) is 29.2 Å². The van der Waals surface area contributed by atoms with Gasteiger partial charge in [0.25, 0.3) is 0 Å². The normalized spacial score (nSPS) is 19.3. The van der Waals surface area contributed by atoms with Gasteiger partial charge in [-0.2, -0.15) is 0 Å². The highest BCUT2D eigenvalue weighted by atomic mass is 16.4. The molecule has 0 radical (unpaired) electrons. The number of nitrogens with one attached hydrogen (secondary N) is 11. The average molecular weight is 1330 g/mol. The van der Waals surface area contributed by atoms with Gasteiger partial charge in [0.05, 0.1) is 12.5 Å². The van der Waals surface area contributed by atoms with E-state index in [4.69, 9.17) is 11.5 Å². The zero-order valence-corrected chi connectivity index (χ0v) is 55.1. The maximum Gasteiger partial charge on any atom is 0.325 e. The lowest BCUT2D eigenvalue weighted by Gasteiger charge is -2.33. The summed E-state index contributed by atoms with van der Waals surface area (Å²) in [4.78, 5) is 215. The highest BCUT2D eigenvalue weighted by molar-refractivity contribution is 6.00. The molecule has 3 saturated heterocycles. The number of amides is 13. The van der Waals surface area contributed by atoms with Gasteiger partial charge in [-0.1, -0.05) is 41.5 Å². The predicted octanol–water partition coefficient (Wildman–Crippen LogP) is -4.20. The van der Waals surface area contributed by atoms with E-state index in [0.29, 0.717) is 32.2 Å². The lowest BCUT2D eigenvalue weighted by Crippen LogP contribution is -2.61. The second-order valence-electron chi connectivity index (χ2n) is 25.3. The number of likely N-dealkylation sites (tertiary alicyclic amines) is 2. The fourth-order valence-corrected chi connectivity index (χ4v) is 10.9. The molecule has 3 aliphatic rings. The second-order valence-corrected chi connectivity index (χ2v) is 25.3. The molecule has 94 heavy (non-hydrogen) atoms. The van der Waals surface area contributed by atoms with E-state index >= 15 is 0 Å². The van der Waals surface area contributed by atoms with E-state index in [0.717, 1.165) is 13.3 Å². The zero-order valence-electron chi connectivity index (χ0n) is 55.1. The average Bonchev–Trinajstić information content (AvgIpc) is 1.61.